The molecule has 26 heavy (non-hydrogen) atoms. The topological polar surface area (TPSA) is 145 Å². The molecule has 2 aromatic rings. The summed E-state index contributed by atoms with van der Waals surface area (Å²) in [5.41, 5.74) is -0.00743. The van der Waals surface area contributed by atoms with Gasteiger partial charge in [-0.25, -0.2) is 13.1 Å². The Morgan fingerprint density at radius 3 is 1.88 bits per heavy atom. The summed E-state index contributed by atoms with van der Waals surface area (Å²) in [7, 11) is -3.61. The van der Waals surface area contributed by atoms with E-state index in [1.165, 1.54) is 24.3 Å². The molecule has 10 nitrogen and oxygen atoms in total. The van der Waals surface area contributed by atoms with Gasteiger partial charge in [0.05, 0.1) is 27.5 Å². The molecule has 1 N–H and O–H groups in total. The summed E-state index contributed by atoms with van der Waals surface area (Å²) in [6, 6.07) is 12.6. The van der Waals surface area contributed by atoms with Crippen molar-refractivity contribution in [2.45, 2.75) is 11.0 Å². The SMILES string of the molecule is O=[N+]([O-])c1ccc(S(=O)(=O)NCC2CO2)cc1.O=[N+]([O-])c1ccccc1. The highest BCUT2D eigenvalue weighted by atomic mass is 32.2. The molecule has 1 fully saturated rings. The van der Waals surface area contributed by atoms with Gasteiger partial charge in [-0.2, -0.15) is 0 Å². The highest BCUT2D eigenvalue weighted by Crippen LogP contribution is 2.16. The molecule has 2 aromatic carbocycles. The van der Waals surface area contributed by atoms with Gasteiger partial charge in [-0.15, -0.1) is 0 Å². The van der Waals surface area contributed by atoms with Crippen LogP contribution >= 0.6 is 0 Å². The number of nitrogens with zero attached hydrogens (tertiary/aromatic N) is 2. The Morgan fingerprint density at radius 1 is 0.962 bits per heavy atom. The van der Waals surface area contributed by atoms with Crippen molar-refractivity contribution in [3.63, 3.8) is 0 Å². The number of nitro benzene ring substituents is 2. The van der Waals surface area contributed by atoms with E-state index in [-0.39, 0.29) is 28.9 Å². The second-order valence-corrected chi connectivity index (χ2v) is 6.92. The van der Waals surface area contributed by atoms with Gasteiger partial charge in [-0.1, -0.05) is 18.2 Å². The Hall–Kier alpha value is -2.89. The second kappa shape index (κ2) is 8.47. The first kappa shape index (κ1) is 19.4. The van der Waals surface area contributed by atoms with Gasteiger partial charge < -0.3 is 4.74 Å². The molecule has 138 valence electrons. The summed E-state index contributed by atoms with van der Waals surface area (Å²) < 4.78 is 30.7. The van der Waals surface area contributed by atoms with Crippen molar-refractivity contribution < 1.29 is 23.0 Å². The Kier molecular flexibility index (Phi) is 6.33. The molecule has 0 saturated carbocycles. The fraction of sp³-hybridized carbons (Fsp3) is 0.200. The van der Waals surface area contributed by atoms with Crippen LogP contribution in [0.3, 0.4) is 0 Å². The van der Waals surface area contributed by atoms with Crippen LogP contribution in [0.1, 0.15) is 0 Å². The largest absolute Gasteiger partial charge is 0.372 e. The van der Waals surface area contributed by atoms with Crippen LogP contribution in [0.15, 0.2) is 59.5 Å². The molecule has 0 radical (unpaired) electrons. The van der Waals surface area contributed by atoms with Crippen molar-refractivity contribution in [3.05, 3.63) is 74.8 Å². The van der Waals surface area contributed by atoms with Crippen LogP contribution in [0.2, 0.25) is 0 Å². The molecule has 3 rings (SSSR count). The number of hydrogen-bond donors (Lipinski definition) is 1. The first-order valence-electron chi connectivity index (χ1n) is 7.35. The predicted octanol–water partition coefficient (Wildman–Crippen LogP) is 1.87. The molecular weight excluding hydrogens is 366 g/mol. The van der Waals surface area contributed by atoms with Crippen molar-refractivity contribution >= 4 is 21.4 Å². The van der Waals surface area contributed by atoms with Crippen LogP contribution in [-0.4, -0.2) is 37.5 Å². The third-order valence-electron chi connectivity index (χ3n) is 3.23. The zero-order valence-corrected chi connectivity index (χ0v) is 14.2. The second-order valence-electron chi connectivity index (χ2n) is 5.15. The fourth-order valence-corrected chi connectivity index (χ4v) is 2.83. The first-order valence-corrected chi connectivity index (χ1v) is 8.83. The quantitative estimate of drug-likeness (QED) is 0.456. The van der Waals surface area contributed by atoms with Gasteiger partial charge in [0.2, 0.25) is 10.0 Å². The summed E-state index contributed by atoms with van der Waals surface area (Å²) >= 11 is 0. The number of hydrogen-bond acceptors (Lipinski definition) is 7. The zero-order chi connectivity index (χ0) is 19.2. The van der Waals surface area contributed by atoms with Crippen LogP contribution in [0.5, 0.6) is 0 Å². The first-order chi connectivity index (χ1) is 12.3. The van der Waals surface area contributed by atoms with E-state index in [0.29, 0.717) is 6.61 Å². The molecule has 1 aliphatic heterocycles. The monoisotopic (exact) mass is 381 g/mol. The maximum Gasteiger partial charge on any atom is 0.269 e. The minimum absolute atomic E-state index is 0.00347. The van der Waals surface area contributed by atoms with Gasteiger partial charge >= 0.3 is 0 Å². The van der Waals surface area contributed by atoms with E-state index < -0.39 is 19.9 Å². The van der Waals surface area contributed by atoms with E-state index in [4.69, 9.17) is 4.74 Å². The Labute approximate surface area is 148 Å². The average molecular weight is 381 g/mol. The van der Waals surface area contributed by atoms with Crippen LogP contribution in [-0.2, 0) is 14.8 Å². The minimum atomic E-state index is -3.61. The van der Waals surface area contributed by atoms with E-state index in [2.05, 4.69) is 4.72 Å². The maximum atomic E-state index is 11.7. The third-order valence-corrected chi connectivity index (χ3v) is 4.67. The number of para-hydroxylation sites is 1. The fourth-order valence-electron chi connectivity index (χ4n) is 1.77. The molecule has 1 aliphatic rings. The van der Waals surface area contributed by atoms with Gasteiger partial charge in [0.15, 0.2) is 0 Å². The zero-order valence-electron chi connectivity index (χ0n) is 13.3. The highest BCUT2D eigenvalue weighted by molar-refractivity contribution is 7.89. The van der Waals surface area contributed by atoms with Crippen LogP contribution in [0, 0.1) is 20.2 Å². The van der Waals surface area contributed by atoms with Crippen molar-refractivity contribution in [2.75, 3.05) is 13.2 Å². The molecule has 0 amide bonds. The van der Waals surface area contributed by atoms with Crippen molar-refractivity contribution in [1.29, 1.82) is 0 Å². The van der Waals surface area contributed by atoms with E-state index in [1.807, 2.05) is 0 Å². The lowest BCUT2D eigenvalue weighted by Gasteiger charge is -2.04. The molecule has 1 atom stereocenters. The number of benzene rings is 2. The predicted molar refractivity (Wildman–Crippen MR) is 91.1 cm³/mol. The normalized spacial score (nSPS) is 15.5. The van der Waals surface area contributed by atoms with Crippen LogP contribution in [0.25, 0.3) is 0 Å². The summed E-state index contributed by atoms with van der Waals surface area (Å²) in [5, 5.41) is 20.4. The lowest BCUT2D eigenvalue weighted by Crippen LogP contribution is -2.27. The molecule has 0 aliphatic carbocycles. The maximum absolute atomic E-state index is 11.7. The molecule has 11 heteroatoms. The van der Waals surface area contributed by atoms with Crippen molar-refractivity contribution in [3.8, 4) is 0 Å². The van der Waals surface area contributed by atoms with Crippen molar-refractivity contribution in [1.82, 2.24) is 4.72 Å². The number of ether oxygens (including phenoxy) is 1. The standard InChI is InChI=1S/C9H10N2O5S.C6H5NO2/c12-11(13)7-1-3-9(4-2-7)17(14,15)10-5-8-6-16-8;8-7(9)6-4-2-1-3-5-6/h1-4,8,10H,5-6H2;1-5H. The number of epoxide rings is 1. The Bertz CT molecular complexity index is 866. The summed E-state index contributed by atoms with van der Waals surface area (Å²) in [4.78, 5) is 19.4. The van der Waals surface area contributed by atoms with Crippen LogP contribution in [0.4, 0.5) is 11.4 Å². The molecule has 0 aromatic heterocycles. The minimum Gasteiger partial charge on any atom is -0.372 e. The van der Waals surface area contributed by atoms with Gasteiger partial charge in [0.1, 0.15) is 0 Å². The lowest BCUT2D eigenvalue weighted by atomic mass is 10.3. The number of sulfonamides is 1. The average Bonchev–Trinajstić information content (AvgIpc) is 3.46. The smallest absolute Gasteiger partial charge is 0.269 e. The summed E-state index contributed by atoms with van der Waals surface area (Å²) in [6.45, 7) is 0.780. The van der Waals surface area contributed by atoms with E-state index in [9.17, 15) is 28.6 Å². The number of non-ortho nitro benzene ring substituents is 2. The van der Waals surface area contributed by atoms with E-state index >= 15 is 0 Å². The molecule has 0 bridgehead atoms. The summed E-state index contributed by atoms with van der Waals surface area (Å²) in [5.74, 6) is 0. The number of nitro groups is 2. The molecule has 1 saturated heterocycles. The number of nitrogens with one attached hydrogen (secondary N) is 1. The van der Waals surface area contributed by atoms with E-state index in [1.54, 1.807) is 18.2 Å². The molecule has 1 heterocycles. The van der Waals surface area contributed by atoms with Crippen LogP contribution < -0.4 is 4.72 Å². The molecule has 1 unspecified atom stereocenters. The van der Waals surface area contributed by atoms with Gasteiger partial charge in [0, 0.05) is 30.8 Å². The Balaban J connectivity index is 0.000000228. The molecular formula is C15H15N3O7S. The number of rotatable bonds is 6. The molecule has 0 spiro atoms. The lowest BCUT2D eigenvalue weighted by molar-refractivity contribution is -0.385. The summed E-state index contributed by atoms with van der Waals surface area (Å²) in [6.07, 6.45) is -0.0529. The third kappa shape index (κ3) is 5.88. The van der Waals surface area contributed by atoms with Gasteiger partial charge in [-0.3, -0.25) is 20.2 Å². The van der Waals surface area contributed by atoms with E-state index in [0.717, 1.165) is 12.1 Å². The van der Waals surface area contributed by atoms with Gasteiger partial charge in [-0.05, 0) is 12.1 Å². The van der Waals surface area contributed by atoms with Crippen molar-refractivity contribution in [2.24, 2.45) is 0 Å². The Morgan fingerprint density at radius 2 is 1.46 bits per heavy atom. The van der Waals surface area contributed by atoms with Gasteiger partial charge in [0.25, 0.3) is 11.4 Å². The highest BCUT2D eigenvalue weighted by Gasteiger charge is 2.25.